The lowest BCUT2D eigenvalue weighted by Crippen LogP contribution is -2.26. The SMILES string of the molecule is CC(=O)c1cccc(NC(=O)[C@H](Br)[C@@H](Br)c2ccccc2)c1. The van der Waals surface area contributed by atoms with Crippen molar-refractivity contribution in [3.63, 3.8) is 0 Å². The molecule has 0 saturated carbocycles. The predicted octanol–water partition coefficient (Wildman–Crippen LogP) is 4.73. The summed E-state index contributed by atoms with van der Waals surface area (Å²) in [7, 11) is 0. The van der Waals surface area contributed by atoms with Gasteiger partial charge in [0, 0.05) is 11.3 Å². The summed E-state index contributed by atoms with van der Waals surface area (Å²) in [5.41, 5.74) is 2.19. The number of hydrogen-bond acceptors (Lipinski definition) is 2. The van der Waals surface area contributed by atoms with Crippen LogP contribution in [0.5, 0.6) is 0 Å². The number of amides is 1. The molecule has 1 N–H and O–H groups in total. The maximum absolute atomic E-state index is 12.3. The topological polar surface area (TPSA) is 46.2 Å². The van der Waals surface area contributed by atoms with Crippen LogP contribution in [0.1, 0.15) is 27.7 Å². The molecule has 5 heteroatoms. The number of benzene rings is 2. The Balaban J connectivity index is 2.08. The first-order chi connectivity index (χ1) is 10.5. The molecule has 0 aliphatic rings. The lowest BCUT2D eigenvalue weighted by atomic mass is 10.1. The molecular formula is C17H15Br2NO2. The maximum atomic E-state index is 12.3. The van der Waals surface area contributed by atoms with E-state index >= 15 is 0 Å². The molecule has 0 bridgehead atoms. The van der Waals surface area contributed by atoms with Gasteiger partial charge in [-0.2, -0.15) is 0 Å². The lowest BCUT2D eigenvalue weighted by molar-refractivity contribution is -0.115. The van der Waals surface area contributed by atoms with E-state index in [0.717, 1.165) is 5.56 Å². The molecule has 2 rings (SSSR count). The molecule has 0 radical (unpaired) electrons. The van der Waals surface area contributed by atoms with Crippen LogP contribution >= 0.6 is 31.9 Å². The number of alkyl halides is 2. The number of nitrogens with one attached hydrogen (secondary N) is 1. The molecule has 0 saturated heterocycles. The van der Waals surface area contributed by atoms with Crippen molar-refractivity contribution in [1.29, 1.82) is 0 Å². The van der Waals surface area contributed by atoms with Crippen LogP contribution in [0, 0.1) is 0 Å². The van der Waals surface area contributed by atoms with Gasteiger partial charge in [-0.1, -0.05) is 74.3 Å². The summed E-state index contributed by atoms with van der Waals surface area (Å²) >= 11 is 6.97. The van der Waals surface area contributed by atoms with Gasteiger partial charge in [0.2, 0.25) is 5.91 Å². The summed E-state index contributed by atoms with van der Waals surface area (Å²) in [6.07, 6.45) is 0. The fourth-order valence-electron chi connectivity index (χ4n) is 1.97. The summed E-state index contributed by atoms with van der Waals surface area (Å²) < 4.78 is 0. The molecule has 22 heavy (non-hydrogen) atoms. The van der Waals surface area contributed by atoms with Gasteiger partial charge in [-0.25, -0.2) is 0 Å². The Hall–Kier alpha value is -1.46. The van der Waals surface area contributed by atoms with E-state index in [1.165, 1.54) is 6.92 Å². The van der Waals surface area contributed by atoms with Crippen molar-refractivity contribution >= 4 is 49.2 Å². The smallest absolute Gasteiger partial charge is 0.239 e. The molecule has 2 aromatic carbocycles. The number of halogens is 2. The van der Waals surface area contributed by atoms with Gasteiger partial charge in [-0.05, 0) is 24.6 Å². The summed E-state index contributed by atoms with van der Waals surface area (Å²) in [5.74, 6) is -0.208. The Morgan fingerprint density at radius 3 is 2.32 bits per heavy atom. The zero-order chi connectivity index (χ0) is 16.1. The second-order valence-electron chi connectivity index (χ2n) is 4.84. The molecule has 1 amide bonds. The number of anilines is 1. The van der Waals surface area contributed by atoms with Crippen molar-refractivity contribution in [1.82, 2.24) is 0 Å². The fourth-order valence-corrected chi connectivity index (χ4v) is 2.93. The van der Waals surface area contributed by atoms with Crippen molar-refractivity contribution < 1.29 is 9.59 Å². The van der Waals surface area contributed by atoms with Gasteiger partial charge >= 0.3 is 0 Å². The average Bonchev–Trinajstić information content (AvgIpc) is 2.54. The molecule has 0 unspecified atom stereocenters. The van der Waals surface area contributed by atoms with Crippen LogP contribution in [0.4, 0.5) is 5.69 Å². The second-order valence-corrected chi connectivity index (χ2v) is 6.81. The van der Waals surface area contributed by atoms with Gasteiger partial charge in [0.1, 0.15) is 4.83 Å². The molecular weight excluding hydrogens is 410 g/mol. The molecule has 0 spiro atoms. The monoisotopic (exact) mass is 423 g/mol. The molecule has 2 aromatic rings. The van der Waals surface area contributed by atoms with E-state index in [1.54, 1.807) is 24.3 Å². The number of rotatable bonds is 5. The van der Waals surface area contributed by atoms with Crippen LogP contribution in [-0.2, 0) is 4.79 Å². The highest BCUT2D eigenvalue weighted by Crippen LogP contribution is 2.31. The summed E-state index contributed by atoms with van der Waals surface area (Å²) in [5, 5.41) is 2.82. The molecule has 114 valence electrons. The summed E-state index contributed by atoms with van der Waals surface area (Å²) in [6, 6.07) is 16.6. The summed E-state index contributed by atoms with van der Waals surface area (Å²) in [4.78, 5) is 23.1. The fraction of sp³-hybridized carbons (Fsp3) is 0.176. The third-order valence-corrected chi connectivity index (χ3v) is 5.87. The highest BCUT2D eigenvalue weighted by Gasteiger charge is 2.25. The number of carbonyl (C=O) groups excluding carboxylic acids is 2. The first-order valence-corrected chi connectivity index (χ1v) is 8.57. The van der Waals surface area contributed by atoms with Gasteiger partial charge in [0.25, 0.3) is 0 Å². The van der Waals surface area contributed by atoms with Crippen LogP contribution in [0.2, 0.25) is 0 Å². The van der Waals surface area contributed by atoms with E-state index in [9.17, 15) is 9.59 Å². The number of carbonyl (C=O) groups is 2. The van der Waals surface area contributed by atoms with Crippen molar-refractivity contribution in [3.8, 4) is 0 Å². The molecule has 0 fully saturated rings. The van der Waals surface area contributed by atoms with Crippen LogP contribution < -0.4 is 5.32 Å². The summed E-state index contributed by atoms with van der Waals surface area (Å²) in [6.45, 7) is 1.50. The third kappa shape index (κ3) is 4.27. The van der Waals surface area contributed by atoms with Crippen LogP contribution in [0.15, 0.2) is 54.6 Å². The normalized spacial score (nSPS) is 13.2. The number of Topliss-reactive ketones (excluding diaryl/α,β-unsaturated/α-hetero) is 1. The lowest BCUT2D eigenvalue weighted by Gasteiger charge is -2.17. The first kappa shape index (κ1) is 16.9. The van der Waals surface area contributed by atoms with Crippen molar-refractivity contribution in [3.05, 3.63) is 65.7 Å². The number of ketones is 1. The Bertz CT molecular complexity index is 673. The van der Waals surface area contributed by atoms with E-state index in [-0.39, 0.29) is 16.5 Å². The molecule has 0 heterocycles. The minimum Gasteiger partial charge on any atom is -0.325 e. The Morgan fingerprint density at radius 1 is 1.00 bits per heavy atom. The Kier molecular flexibility index (Phi) is 5.91. The highest BCUT2D eigenvalue weighted by atomic mass is 79.9. The average molecular weight is 425 g/mol. The van der Waals surface area contributed by atoms with Gasteiger partial charge in [-0.15, -0.1) is 0 Å². The molecule has 0 aliphatic heterocycles. The minimum absolute atomic E-state index is 0.0332. The van der Waals surface area contributed by atoms with Gasteiger partial charge in [-0.3, -0.25) is 9.59 Å². The van der Waals surface area contributed by atoms with Gasteiger partial charge in [0.15, 0.2) is 5.78 Å². The van der Waals surface area contributed by atoms with E-state index in [0.29, 0.717) is 11.3 Å². The quantitative estimate of drug-likeness (QED) is 0.557. The maximum Gasteiger partial charge on any atom is 0.239 e. The molecule has 2 atom stereocenters. The van der Waals surface area contributed by atoms with Gasteiger partial charge in [0.05, 0.1) is 4.83 Å². The second kappa shape index (κ2) is 7.70. The standard InChI is InChI=1S/C17H15Br2NO2/c1-11(21)13-8-5-9-14(10-13)20-17(22)16(19)15(18)12-6-3-2-4-7-12/h2-10,15-16H,1H3,(H,20,22)/t15-,16+/m0/s1. The van der Waals surface area contributed by atoms with E-state index in [2.05, 4.69) is 37.2 Å². The van der Waals surface area contributed by atoms with E-state index in [4.69, 9.17) is 0 Å². The molecule has 3 nitrogen and oxygen atoms in total. The van der Waals surface area contributed by atoms with Gasteiger partial charge < -0.3 is 5.32 Å². The van der Waals surface area contributed by atoms with E-state index in [1.807, 2.05) is 30.3 Å². The Labute approximate surface area is 146 Å². The van der Waals surface area contributed by atoms with E-state index < -0.39 is 4.83 Å². The van der Waals surface area contributed by atoms with Crippen molar-refractivity contribution in [2.45, 2.75) is 16.6 Å². The highest BCUT2D eigenvalue weighted by molar-refractivity contribution is 9.12. The first-order valence-electron chi connectivity index (χ1n) is 6.74. The van der Waals surface area contributed by atoms with Crippen LogP contribution in [0.25, 0.3) is 0 Å². The van der Waals surface area contributed by atoms with Crippen molar-refractivity contribution in [2.24, 2.45) is 0 Å². The zero-order valence-corrected chi connectivity index (χ0v) is 15.1. The minimum atomic E-state index is -0.434. The van der Waals surface area contributed by atoms with Crippen molar-refractivity contribution in [2.75, 3.05) is 5.32 Å². The predicted molar refractivity (Wildman–Crippen MR) is 95.9 cm³/mol. The largest absolute Gasteiger partial charge is 0.325 e. The Morgan fingerprint density at radius 2 is 1.68 bits per heavy atom. The van der Waals surface area contributed by atoms with Crippen LogP contribution in [0.3, 0.4) is 0 Å². The third-order valence-electron chi connectivity index (χ3n) is 3.16. The molecule has 0 aliphatic carbocycles. The molecule has 0 aromatic heterocycles. The number of hydrogen-bond donors (Lipinski definition) is 1. The van der Waals surface area contributed by atoms with Crippen LogP contribution in [-0.4, -0.2) is 16.5 Å². The zero-order valence-electron chi connectivity index (χ0n) is 11.9.